The number of rotatable bonds is 5. The van der Waals surface area contributed by atoms with Gasteiger partial charge in [0, 0.05) is 5.56 Å². The molecule has 0 aliphatic rings. The van der Waals surface area contributed by atoms with Crippen LogP contribution in [-0.4, -0.2) is 15.7 Å². The molecule has 0 aliphatic heterocycles. The number of nitriles is 1. The van der Waals surface area contributed by atoms with Gasteiger partial charge in [-0.05, 0) is 42.8 Å². The van der Waals surface area contributed by atoms with Gasteiger partial charge in [0.25, 0.3) is 5.91 Å². The van der Waals surface area contributed by atoms with Crippen molar-refractivity contribution >= 4 is 52.5 Å². The van der Waals surface area contributed by atoms with E-state index in [9.17, 15) is 14.4 Å². The second-order valence-electron chi connectivity index (χ2n) is 6.29. The lowest BCUT2D eigenvalue weighted by molar-refractivity contribution is -0.112. The Hall–Kier alpha value is -2.85. The Morgan fingerprint density at radius 1 is 1.20 bits per heavy atom. The summed E-state index contributed by atoms with van der Waals surface area (Å²) >= 11 is 18.6. The third-order valence-corrected chi connectivity index (χ3v) is 5.24. The van der Waals surface area contributed by atoms with E-state index in [0.717, 1.165) is 5.56 Å². The summed E-state index contributed by atoms with van der Waals surface area (Å²) in [5.41, 5.74) is 1.76. The summed E-state index contributed by atoms with van der Waals surface area (Å²) in [6.45, 7) is 2.01. The number of carbonyl (C=O) groups is 1. The van der Waals surface area contributed by atoms with Crippen molar-refractivity contribution in [2.45, 2.75) is 13.5 Å². The highest BCUT2D eigenvalue weighted by Gasteiger charge is 2.18. The topological polar surface area (TPSA) is 70.7 Å². The Morgan fingerprint density at radius 3 is 2.43 bits per heavy atom. The number of halogens is 4. The van der Waals surface area contributed by atoms with E-state index in [4.69, 9.17) is 34.8 Å². The second-order valence-corrected chi connectivity index (χ2v) is 7.47. The molecule has 1 N–H and O–H groups in total. The second kappa shape index (κ2) is 9.31. The first kappa shape index (κ1) is 21.8. The summed E-state index contributed by atoms with van der Waals surface area (Å²) in [6, 6.07) is 12.6. The van der Waals surface area contributed by atoms with Crippen molar-refractivity contribution in [2.24, 2.45) is 0 Å². The predicted octanol–water partition coefficient (Wildman–Crippen LogP) is 5.88. The minimum absolute atomic E-state index is 0.197. The van der Waals surface area contributed by atoms with Gasteiger partial charge >= 0.3 is 0 Å². The zero-order chi connectivity index (χ0) is 21.8. The lowest BCUT2D eigenvalue weighted by Gasteiger charge is -2.08. The zero-order valence-electron chi connectivity index (χ0n) is 15.6. The Bertz CT molecular complexity index is 1160. The van der Waals surface area contributed by atoms with Crippen LogP contribution in [0.5, 0.6) is 0 Å². The minimum Gasteiger partial charge on any atom is -0.319 e. The van der Waals surface area contributed by atoms with E-state index in [-0.39, 0.29) is 32.3 Å². The van der Waals surface area contributed by atoms with Gasteiger partial charge in [-0.25, -0.2) is 9.07 Å². The van der Waals surface area contributed by atoms with Crippen molar-refractivity contribution in [3.8, 4) is 6.07 Å². The van der Waals surface area contributed by atoms with Crippen LogP contribution in [0.15, 0.2) is 48.0 Å². The van der Waals surface area contributed by atoms with Crippen LogP contribution in [0, 0.1) is 24.1 Å². The summed E-state index contributed by atoms with van der Waals surface area (Å²) in [6.07, 6.45) is 1.35. The molecule has 30 heavy (non-hydrogen) atoms. The smallest absolute Gasteiger partial charge is 0.266 e. The van der Waals surface area contributed by atoms with Gasteiger partial charge in [0.15, 0.2) is 0 Å². The molecule has 152 valence electrons. The Morgan fingerprint density at radius 2 is 1.83 bits per heavy atom. The van der Waals surface area contributed by atoms with Gasteiger partial charge in [-0.2, -0.15) is 10.4 Å². The average Bonchev–Trinajstić information content (AvgIpc) is 2.97. The number of hydrogen-bond donors (Lipinski definition) is 1. The highest BCUT2D eigenvalue weighted by Crippen LogP contribution is 2.30. The molecule has 1 heterocycles. The van der Waals surface area contributed by atoms with Crippen molar-refractivity contribution in [3.05, 3.63) is 85.9 Å². The third kappa shape index (κ3) is 4.82. The fraction of sp³-hybridized carbons (Fsp3) is 0.0952. The molecule has 0 saturated heterocycles. The minimum atomic E-state index is -0.686. The van der Waals surface area contributed by atoms with Gasteiger partial charge < -0.3 is 5.32 Å². The number of aromatic nitrogens is 2. The van der Waals surface area contributed by atoms with Gasteiger partial charge in [0.2, 0.25) is 0 Å². The number of anilines is 1. The van der Waals surface area contributed by atoms with Crippen molar-refractivity contribution in [3.63, 3.8) is 0 Å². The lowest BCUT2D eigenvalue weighted by Crippen LogP contribution is -2.14. The highest BCUT2D eigenvalue weighted by molar-refractivity contribution is 6.40. The number of carbonyl (C=O) groups excluding carboxylic acids is 1. The quantitative estimate of drug-likeness (QED) is 0.379. The molecule has 0 unspecified atom stereocenters. The molecule has 0 aliphatic carbocycles. The molecule has 0 fully saturated rings. The van der Waals surface area contributed by atoms with Crippen LogP contribution < -0.4 is 5.32 Å². The molecule has 0 atom stereocenters. The molecule has 3 aromatic rings. The number of benzene rings is 2. The first-order valence-electron chi connectivity index (χ1n) is 8.64. The normalized spacial score (nSPS) is 11.3. The molecule has 9 heteroatoms. The molecule has 1 aromatic heterocycles. The standard InChI is InChI=1S/C21H14Cl3FN4O/c1-12-16(20(24)29(28-12)11-13-5-7-15(25)8-6-13)9-14(10-26)21(30)27-19-17(22)3-2-4-18(19)23/h2-9H,11H2,1H3,(H,27,30)/b14-9+. The summed E-state index contributed by atoms with van der Waals surface area (Å²) in [5.74, 6) is -1.03. The fourth-order valence-electron chi connectivity index (χ4n) is 2.69. The van der Waals surface area contributed by atoms with E-state index in [1.165, 1.54) is 22.9 Å². The Kier molecular flexibility index (Phi) is 6.78. The zero-order valence-corrected chi connectivity index (χ0v) is 17.9. The first-order chi connectivity index (χ1) is 14.3. The number of nitrogens with zero attached hydrogens (tertiary/aromatic N) is 3. The predicted molar refractivity (Wildman–Crippen MR) is 116 cm³/mol. The molecule has 0 bridgehead atoms. The lowest BCUT2D eigenvalue weighted by atomic mass is 10.1. The van der Waals surface area contributed by atoms with E-state index in [2.05, 4.69) is 10.4 Å². The summed E-state index contributed by atoms with van der Waals surface area (Å²) in [7, 11) is 0. The monoisotopic (exact) mass is 462 g/mol. The Labute approximate surface area is 187 Å². The van der Waals surface area contributed by atoms with Crippen LogP contribution in [0.4, 0.5) is 10.1 Å². The third-order valence-electron chi connectivity index (χ3n) is 4.21. The van der Waals surface area contributed by atoms with E-state index < -0.39 is 5.91 Å². The highest BCUT2D eigenvalue weighted by atomic mass is 35.5. The van der Waals surface area contributed by atoms with Crippen molar-refractivity contribution in [1.82, 2.24) is 9.78 Å². The molecule has 3 rings (SSSR count). The number of para-hydroxylation sites is 1. The van der Waals surface area contributed by atoms with Crippen molar-refractivity contribution in [2.75, 3.05) is 5.32 Å². The number of hydrogen-bond acceptors (Lipinski definition) is 3. The Balaban J connectivity index is 1.88. The number of aryl methyl sites for hydroxylation is 1. The van der Waals surface area contributed by atoms with Gasteiger partial charge in [0.1, 0.15) is 22.6 Å². The van der Waals surface area contributed by atoms with E-state index >= 15 is 0 Å². The maximum absolute atomic E-state index is 13.1. The number of amides is 1. The van der Waals surface area contributed by atoms with Gasteiger partial charge in [-0.15, -0.1) is 0 Å². The molecule has 5 nitrogen and oxygen atoms in total. The average molecular weight is 464 g/mol. The summed E-state index contributed by atoms with van der Waals surface area (Å²) < 4.78 is 14.6. The molecule has 2 aromatic carbocycles. The van der Waals surface area contributed by atoms with Crippen LogP contribution in [-0.2, 0) is 11.3 Å². The summed E-state index contributed by atoms with van der Waals surface area (Å²) in [4.78, 5) is 12.6. The molecule has 0 spiro atoms. The fourth-order valence-corrected chi connectivity index (χ4v) is 3.47. The molecule has 0 radical (unpaired) electrons. The largest absolute Gasteiger partial charge is 0.319 e. The molecule has 1 amide bonds. The van der Waals surface area contributed by atoms with Gasteiger partial charge in [-0.1, -0.05) is 53.0 Å². The SMILES string of the molecule is Cc1nn(Cc2ccc(F)cc2)c(Cl)c1/C=C(\C#N)C(=O)Nc1c(Cl)cccc1Cl. The van der Waals surface area contributed by atoms with E-state index in [0.29, 0.717) is 17.8 Å². The van der Waals surface area contributed by atoms with Crippen molar-refractivity contribution in [1.29, 1.82) is 5.26 Å². The van der Waals surface area contributed by atoms with Crippen LogP contribution in [0.25, 0.3) is 6.08 Å². The number of nitrogens with one attached hydrogen (secondary N) is 1. The van der Waals surface area contributed by atoms with E-state index in [1.807, 2.05) is 6.07 Å². The molecule has 0 saturated carbocycles. The van der Waals surface area contributed by atoms with Crippen LogP contribution in [0.1, 0.15) is 16.8 Å². The maximum atomic E-state index is 13.1. The first-order valence-corrected chi connectivity index (χ1v) is 9.78. The van der Waals surface area contributed by atoms with E-state index in [1.54, 1.807) is 37.3 Å². The maximum Gasteiger partial charge on any atom is 0.266 e. The van der Waals surface area contributed by atoms with Crippen molar-refractivity contribution < 1.29 is 9.18 Å². The van der Waals surface area contributed by atoms with Crippen LogP contribution in [0.2, 0.25) is 15.2 Å². The van der Waals surface area contributed by atoms with Crippen LogP contribution in [0.3, 0.4) is 0 Å². The van der Waals surface area contributed by atoms with Gasteiger partial charge in [0.05, 0.1) is 28.0 Å². The summed E-state index contributed by atoms with van der Waals surface area (Å²) in [5, 5.41) is 17.1. The van der Waals surface area contributed by atoms with Crippen LogP contribution >= 0.6 is 34.8 Å². The molecular formula is C21H14Cl3FN4O. The molecular weight excluding hydrogens is 450 g/mol. The van der Waals surface area contributed by atoms with Gasteiger partial charge in [-0.3, -0.25) is 4.79 Å².